The largest absolute Gasteiger partial charge is 0.462 e. The van der Waals surface area contributed by atoms with Crippen LogP contribution in [0.1, 0.15) is 28.8 Å². The van der Waals surface area contributed by atoms with Crippen LogP contribution < -0.4 is 5.73 Å². The monoisotopic (exact) mass is 235 g/mol. The maximum atomic E-state index is 11.8. The summed E-state index contributed by atoms with van der Waals surface area (Å²) < 4.78 is 6.28. The fraction of sp³-hybridized carbons (Fsp3) is 0.400. The zero-order valence-corrected chi connectivity index (χ0v) is 9.89. The molecule has 0 fully saturated rings. The van der Waals surface area contributed by atoms with E-state index in [1.54, 1.807) is 20.8 Å². The van der Waals surface area contributed by atoms with Crippen LogP contribution in [0.15, 0.2) is 0 Å². The quantitative estimate of drug-likeness (QED) is 0.761. The van der Waals surface area contributed by atoms with Gasteiger partial charge in [0.1, 0.15) is 16.9 Å². The number of hydrogen-bond donors (Lipinski definition) is 1. The highest BCUT2D eigenvalue weighted by Crippen LogP contribution is 2.20. The Bertz CT molecular complexity index is 590. The zero-order valence-electron chi connectivity index (χ0n) is 9.89. The molecule has 0 radical (unpaired) electrons. The highest BCUT2D eigenvalue weighted by Gasteiger charge is 2.21. The molecule has 0 unspecified atom stereocenters. The first kappa shape index (κ1) is 11.3. The first-order chi connectivity index (χ1) is 8.04. The van der Waals surface area contributed by atoms with Gasteiger partial charge in [0.05, 0.1) is 12.3 Å². The van der Waals surface area contributed by atoms with Gasteiger partial charge in [0.2, 0.25) is 0 Å². The summed E-state index contributed by atoms with van der Waals surface area (Å²) in [6.45, 7) is 5.44. The molecule has 0 aliphatic heterocycles. The van der Waals surface area contributed by atoms with E-state index in [-0.39, 0.29) is 5.82 Å². The van der Waals surface area contributed by atoms with Gasteiger partial charge in [-0.2, -0.15) is 5.10 Å². The van der Waals surface area contributed by atoms with Gasteiger partial charge in [-0.15, -0.1) is 9.73 Å². The third-order valence-corrected chi connectivity index (χ3v) is 2.29. The van der Waals surface area contributed by atoms with E-state index < -0.39 is 5.97 Å². The van der Waals surface area contributed by atoms with Crippen LogP contribution in [0.4, 0.5) is 5.82 Å². The molecular formula is C10H13N5O2. The van der Waals surface area contributed by atoms with Crippen molar-refractivity contribution in [1.29, 1.82) is 0 Å². The number of rotatable bonds is 2. The first-order valence-electron chi connectivity index (χ1n) is 5.21. The lowest BCUT2D eigenvalue weighted by Gasteiger charge is -2.02. The summed E-state index contributed by atoms with van der Waals surface area (Å²) in [7, 11) is 0. The number of nitrogens with two attached hydrogens (primary N) is 1. The Hall–Kier alpha value is -2.18. The van der Waals surface area contributed by atoms with E-state index in [9.17, 15) is 4.79 Å². The van der Waals surface area contributed by atoms with Crippen molar-refractivity contribution in [3.8, 4) is 0 Å². The van der Waals surface area contributed by atoms with Gasteiger partial charge in [0.25, 0.3) is 0 Å². The summed E-state index contributed by atoms with van der Waals surface area (Å²) in [6, 6.07) is 0. The molecule has 0 aliphatic carbocycles. The van der Waals surface area contributed by atoms with E-state index >= 15 is 0 Å². The number of carbonyl (C=O) groups is 1. The van der Waals surface area contributed by atoms with Gasteiger partial charge >= 0.3 is 5.97 Å². The standard InChI is InChI=1S/C10H13N5O2/c1-4-17-10(16)7-5(2)13-15-8(7)9(11)12-6(3)14-15/h4H2,1-3H3,(H2,11,12,14). The number of hydrogen-bond acceptors (Lipinski definition) is 6. The number of nitrogen functional groups attached to an aromatic ring is 1. The van der Waals surface area contributed by atoms with E-state index in [1.165, 1.54) is 4.63 Å². The molecule has 2 aromatic rings. The molecule has 0 atom stereocenters. The lowest BCUT2D eigenvalue weighted by atomic mass is 10.2. The SMILES string of the molecule is CCOC(=O)c1c(C)nn2nc(C)nc(N)c12. The predicted molar refractivity (Wildman–Crippen MR) is 60.6 cm³/mol. The molecular weight excluding hydrogens is 222 g/mol. The molecule has 2 N–H and O–H groups in total. The van der Waals surface area contributed by atoms with Gasteiger partial charge in [0.15, 0.2) is 5.82 Å². The van der Waals surface area contributed by atoms with E-state index in [0.717, 1.165) is 0 Å². The summed E-state index contributed by atoms with van der Waals surface area (Å²) in [6.07, 6.45) is 0. The summed E-state index contributed by atoms with van der Waals surface area (Å²) in [5.41, 5.74) is 7.03. The highest BCUT2D eigenvalue weighted by molar-refractivity contribution is 6.00. The highest BCUT2D eigenvalue weighted by atomic mass is 16.5. The average Bonchev–Trinajstić information content (AvgIpc) is 2.54. The van der Waals surface area contributed by atoms with Gasteiger partial charge in [0, 0.05) is 0 Å². The summed E-state index contributed by atoms with van der Waals surface area (Å²) in [5.74, 6) is 0.258. The van der Waals surface area contributed by atoms with Crippen molar-refractivity contribution < 1.29 is 9.53 Å². The molecule has 0 aromatic carbocycles. The Kier molecular flexibility index (Phi) is 2.66. The maximum Gasteiger partial charge on any atom is 0.342 e. The minimum absolute atomic E-state index is 0.223. The van der Waals surface area contributed by atoms with E-state index in [1.807, 2.05) is 0 Å². The van der Waals surface area contributed by atoms with Gasteiger partial charge in [-0.25, -0.2) is 9.78 Å². The lowest BCUT2D eigenvalue weighted by Crippen LogP contribution is -2.09. The van der Waals surface area contributed by atoms with E-state index in [4.69, 9.17) is 10.5 Å². The fourth-order valence-corrected chi connectivity index (χ4v) is 1.65. The lowest BCUT2D eigenvalue weighted by molar-refractivity contribution is 0.0528. The molecule has 2 aromatic heterocycles. The molecule has 0 amide bonds. The van der Waals surface area contributed by atoms with Crippen LogP contribution in [0.5, 0.6) is 0 Å². The molecule has 7 nitrogen and oxygen atoms in total. The Morgan fingerprint density at radius 1 is 1.41 bits per heavy atom. The Morgan fingerprint density at radius 2 is 2.12 bits per heavy atom. The summed E-state index contributed by atoms with van der Waals surface area (Å²) >= 11 is 0. The van der Waals surface area contributed by atoms with Gasteiger partial charge in [-0.3, -0.25) is 0 Å². The number of esters is 1. The Balaban J connectivity index is 2.71. The van der Waals surface area contributed by atoms with Gasteiger partial charge in [-0.1, -0.05) is 0 Å². The zero-order chi connectivity index (χ0) is 12.6. The third-order valence-electron chi connectivity index (χ3n) is 2.29. The number of aromatic nitrogens is 4. The van der Waals surface area contributed by atoms with E-state index in [2.05, 4.69) is 15.2 Å². The maximum absolute atomic E-state index is 11.8. The minimum Gasteiger partial charge on any atom is -0.462 e. The van der Waals surface area contributed by atoms with Crippen LogP contribution in [0.3, 0.4) is 0 Å². The van der Waals surface area contributed by atoms with Crippen molar-refractivity contribution in [2.45, 2.75) is 20.8 Å². The second-order valence-electron chi connectivity index (χ2n) is 3.56. The predicted octanol–water partition coefficient (Wildman–Crippen LogP) is 0.500. The number of nitrogens with zero attached hydrogens (tertiary/aromatic N) is 4. The van der Waals surface area contributed by atoms with Crippen molar-refractivity contribution in [3.05, 3.63) is 17.1 Å². The minimum atomic E-state index is -0.459. The van der Waals surface area contributed by atoms with Crippen LogP contribution in [0.2, 0.25) is 0 Å². The third kappa shape index (κ3) is 1.79. The molecule has 0 spiro atoms. The normalized spacial score (nSPS) is 10.8. The van der Waals surface area contributed by atoms with Crippen LogP contribution in [-0.2, 0) is 4.74 Å². The topological polar surface area (TPSA) is 95.4 Å². The van der Waals surface area contributed by atoms with Gasteiger partial charge in [-0.05, 0) is 20.8 Å². The van der Waals surface area contributed by atoms with Crippen LogP contribution in [0, 0.1) is 13.8 Å². The van der Waals surface area contributed by atoms with Crippen molar-refractivity contribution >= 4 is 17.3 Å². The number of aryl methyl sites for hydroxylation is 2. The molecule has 0 bridgehead atoms. The van der Waals surface area contributed by atoms with Crippen molar-refractivity contribution in [1.82, 2.24) is 19.8 Å². The molecule has 0 aliphatic rings. The Labute approximate surface area is 97.6 Å². The second kappa shape index (κ2) is 4.00. The van der Waals surface area contributed by atoms with E-state index in [0.29, 0.717) is 29.2 Å². The first-order valence-corrected chi connectivity index (χ1v) is 5.21. The fourth-order valence-electron chi connectivity index (χ4n) is 1.65. The Morgan fingerprint density at radius 3 is 2.76 bits per heavy atom. The molecule has 7 heteroatoms. The van der Waals surface area contributed by atoms with Crippen molar-refractivity contribution in [2.24, 2.45) is 0 Å². The molecule has 90 valence electrons. The number of ether oxygens (including phenoxy) is 1. The second-order valence-corrected chi connectivity index (χ2v) is 3.56. The van der Waals surface area contributed by atoms with Crippen LogP contribution in [-0.4, -0.2) is 32.4 Å². The van der Waals surface area contributed by atoms with Crippen LogP contribution >= 0.6 is 0 Å². The summed E-state index contributed by atoms with van der Waals surface area (Å²) in [4.78, 5) is 15.8. The molecule has 0 saturated carbocycles. The molecule has 17 heavy (non-hydrogen) atoms. The average molecular weight is 235 g/mol. The van der Waals surface area contributed by atoms with Crippen molar-refractivity contribution in [3.63, 3.8) is 0 Å². The van der Waals surface area contributed by atoms with Gasteiger partial charge < -0.3 is 10.5 Å². The smallest absolute Gasteiger partial charge is 0.342 e. The number of anilines is 1. The molecule has 2 heterocycles. The molecule has 0 saturated heterocycles. The molecule has 2 rings (SSSR count). The number of fused-ring (bicyclic) bond motifs is 1. The summed E-state index contributed by atoms with van der Waals surface area (Å²) in [5, 5.41) is 8.19. The van der Waals surface area contributed by atoms with Crippen LogP contribution in [0.25, 0.3) is 5.52 Å². The van der Waals surface area contributed by atoms with Crippen molar-refractivity contribution in [2.75, 3.05) is 12.3 Å². The number of carbonyl (C=O) groups excluding carboxylic acids is 1.